The lowest BCUT2D eigenvalue weighted by atomic mass is 9.97. The molecule has 0 bridgehead atoms. The van der Waals surface area contributed by atoms with Crippen LogP contribution in [0, 0.1) is 0 Å². The number of nitrogens with one attached hydrogen (secondary N) is 1. The SMILES string of the molecule is C[C@H](NC(CCc1ccccc1)C(=O)OC1CCCCC1)C(=O)N1CCSCC1OC(=O)OC(C)(C)C. The quantitative estimate of drug-likeness (QED) is 0.456. The number of aryl methyl sites for hydroxylation is 1. The molecule has 1 aliphatic heterocycles. The largest absolute Gasteiger partial charge is 0.510 e. The van der Waals surface area contributed by atoms with Crippen molar-refractivity contribution in [3.05, 3.63) is 35.9 Å². The molecule has 2 fully saturated rings. The van der Waals surface area contributed by atoms with Gasteiger partial charge in [0.1, 0.15) is 17.7 Å². The summed E-state index contributed by atoms with van der Waals surface area (Å²) in [7, 11) is 0. The molecule has 206 valence electrons. The van der Waals surface area contributed by atoms with Gasteiger partial charge in [0, 0.05) is 12.3 Å². The number of amides is 1. The van der Waals surface area contributed by atoms with Gasteiger partial charge in [-0.25, -0.2) is 4.79 Å². The Labute approximate surface area is 225 Å². The second-order valence-corrected chi connectivity index (χ2v) is 12.0. The summed E-state index contributed by atoms with van der Waals surface area (Å²) in [6.45, 7) is 7.49. The maximum Gasteiger partial charge on any atom is 0.510 e. The number of carbonyl (C=O) groups is 3. The molecule has 1 saturated heterocycles. The molecule has 0 radical (unpaired) electrons. The predicted molar refractivity (Wildman–Crippen MR) is 144 cm³/mol. The van der Waals surface area contributed by atoms with Gasteiger partial charge in [-0.05, 0) is 71.8 Å². The minimum absolute atomic E-state index is 0.0565. The van der Waals surface area contributed by atoms with E-state index in [9.17, 15) is 14.4 Å². The van der Waals surface area contributed by atoms with Gasteiger partial charge in [0.05, 0.1) is 11.8 Å². The van der Waals surface area contributed by atoms with Crippen LogP contribution in [0.1, 0.15) is 71.8 Å². The van der Waals surface area contributed by atoms with E-state index in [2.05, 4.69) is 5.32 Å². The van der Waals surface area contributed by atoms with E-state index >= 15 is 0 Å². The zero-order valence-corrected chi connectivity index (χ0v) is 23.4. The zero-order chi connectivity index (χ0) is 26.8. The van der Waals surface area contributed by atoms with Crippen molar-refractivity contribution >= 4 is 29.8 Å². The number of rotatable bonds is 9. The van der Waals surface area contributed by atoms with Gasteiger partial charge in [0.15, 0.2) is 6.23 Å². The first-order valence-corrected chi connectivity index (χ1v) is 14.6. The molecule has 1 amide bonds. The summed E-state index contributed by atoms with van der Waals surface area (Å²) in [5, 5.41) is 3.24. The predicted octanol–water partition coefficient (Wildman–Crippen LogP) is 4.70. The van der Waals surface area contributed by atoms with Crippen LogP contribution < -0.4 is 5.32 Å². The van der Waals surface area contributed by atoms with Crippen LogP contribution in [-0.2, 0) is 30.2 Å². The highest BCUT2D eigenvalue weighted by atomic mass is 32.2. The molecule has 1 saturated carbocycles. The molecular formula is C28H42N2O6S. The summed E-state index contributed by atoms with van der Waals surface area (Å²) >= 11 is 1.62. The molecule has 3 atom stereocenters. The fraction of sp³-hybridized carbons (Fsp3) is 0.679. The standard InChI is InChI=1S/C28H42N2O6S/c1-20(25(31)30-17-18-37-19-24(30)35-27(33)36-28(2,3)4)29-23(16-15-21-11-7-5-8-12-21)26(32)34-22-13-9-6-10-14-22/h5,7-8,11-12,20,22-24,29H,6,9-10,13-19H2,1-4H3/t20-,23?,24?/m0/s1. The van der Waals surface area contributed by atoms with Crippen molar-refractivity contribution in [2.75, 3.05) is 18.1 Å². The molecule has 8 nitrogen and oxygen atoms in total. The van der Waals surface area contributed by atoms with Crippen molar-refractivity contribution in [1.29, 1.82) is 0 Å². The van der Waals surface area contributed by atoms with Gasteiger partial charge < -0.3 is 19.1 Å². The molecule has 2 unspecified atom stereocenters. The summed E-state index contributed by atoms with van der Waals surface area (Å²) in [5.74, 6) is 0.689. The topological polar surface area (TPSA) is 94.2 Å². The van der Waals surface area contributed by atoms with Crippen LogP contribution >= 0.6 is 11.8 Å². The third-order valence-corrected chi connectivity index (χ3v) is 7.49. The van der Waals surface area contributed by atoms with Crippen LogP contribution in [-0.4, -0.2) is 71.0 Å². The van der Waals surface area contributed by atoms with E-state index < -0.39 is 30.1 Å². The number of ether oxygens (including phenoxy) is 3. The van der Waals surface area contributed by atoms with E-state index in [1.165, 1.54) is 6.42 Å². The van der Waals surface area contributed by atoms with Gasteiger partial charge in [0.25, 0.3) is 0 Å². The molecule has 2 aliphatic rings. The van der Waals surface area contributed by atoms with Gasteiger partial charge in [-0.1, -0.05) is 36.8 Å². The van der Waals surface area contributed by atoms with Gasteiger partial charge in [0.2, 0.25) is 5.91 Å². The van der Waals surface area contributed by atoms with E-state index in [1.54, 1.807) is 44.4 Å². The number of hydrogen-bond acceptors (Lipinski definition) is 8. The molecule has 0 aromatic heterocycles. The minimum Gasteiger partial charge on any atom is -0.461 e. The summed E-state index contributed by atoms with van der Waals surface area (Å²) < 4.78 is 16.7. The second-order valence-electron chi connectivity index (χ2n) is 10.8. The number of thioether (sulfide) groups is 1. The van der Waals surface area contributed by atoms with Crippen molar-refractivity contribution in [3.63, 3.8) is 0 Å². The smallest absolute Gasteiger partial charge is 0.461 e. The van der Waals surface area contributed by atoms with Crippen LogP contribution in [0.3, 0.4) is 0 Å². The summed E-state index contributed by atoms with van der Waals surface area (Å²) in [5.41, 5.74) is 0.436. The Hall–Kier alpha value is -2.26. The first-order chi connectivity index (χ1) is 17.6. The third-order valence-electron chi connectivity index (χ3n) is 6.50. The molecule has 37 heavy (non-hydrogen) atoms. The van der Waals surface area contributed by atoms with Crippen LogP contribution in [0.15, 0.2) is 30.3 Å². The van der Waals surface area contributed by atoms with E-state index in [1.807, 2.05) is 30.3 Å². The van der Waals surface area contributed by atoms with Crippen LogP contribution in [0.25, 0.3) is 0 Å². The van der Waals surface area contributed by atoms with Gasteiger partial charge in [-0.3, -0.25) is 14.9 Å². The molecule has 9 heteroatoms. The van der Waals surface area contributed by atoms with Crippen LogP contribution in [0.4, 0.5) is 4.79 Å². The second kappa shape index (κ2) is 14.0. The molecule has 1 heterocycles. The molecule has 3 rings (SSSR count). The molecule has 1 aromatic carbocycles. The Morgan fingerprint density at radius 3 is 2.46 bits per heavy atom. The van der Waals surface area contributed by atoms with E-state index in [4.69, 9.17) is 14.2 Å². The van der Waals surface area contributed by atoms with Gasteiger partial charge >= 0.3 is 12.1 Å². The zero-order valence-electron chi connectivity index (χ0n) is 22.6. The number of benzene rings is 1. The van der Waals surface area contributed by atoms with Crippen molar-refractivity contribution in [2.24, 2.45) is 0 Å². The van der Waals surface area contributed by atoms with Crippen molar-refractivity contribution in [2.45, 2.75) is 103 Å². The molecule has 1 N–H and O–H groups in total. The highest BCUT2D eigenvalue weighted by Crippen LogP contribution is 2.23. The molecule has 1 aromatic rings. The van der Waals surface area contributed by atoms with Crippen LogP contribution in [0.5, 0.6) is 0 Å². The Bertz CT molecular complexity index is 884. The maximum atomic E-state index is 13.5. The van der Waals surface area contributed by atoms with Crippen molar-refractivity contribution in [1.82, 2.24) is 10.2 Å². The number of esters is 1. The Morgan fingerprint density at radius 1 is 1.08 bits per heavy atom. The average Bonchev–Trinajstić information content (AvgIpc) is 2.86. The number of carbonyl (C=O) groups excluding carboxylic acids is 3. The average molecular weight is 535 g/mol. The van der Waals surface area contributed by atoms with Gasteiger partial charge in [-0.15, -0.1) is 0 Å². The molecule has 0 spiro atoms. The Morgan fingerprint density at radius 2 is 1.78 bits per heavy atom. The monoisotopic (exact) mass is 534 g/mol. The minimum atomic E-state index is -0.796. The first kappa shape index (κ1) is 29.3. The molecular weight excluding hydrogens is 492 g/mol. The van der Waals surface area contributed by atoms with Gasteiger partial charge in [-0.2, -0.15) is 11.8 Å². The summed E-state index contributed by atoms with van der Waals surface area (Å²) in [6, 6.07) is 8.69. The Balaban J connectivity index is 1.65. The van der Waals surface area contributed by atoms with Crippen LogP contribution in [0.2, 0.25) is 0 Å². The first-order valence-electron chi connectivity index (χ1n) is 13.4. The number of hydrogen-bond donors (Lipinski definition) is 1. The highest BCUT2D eigenvalue weighted by molar-refractivity contribution is 7.99. The summed E-state index contributed by atoms with van der Waals surface area (Å²) in [6.07, 6.45) is 4.72. The van der Waals surface area contributed by atoms with E-state index in [0.29, 0.717) is 25.1 Å². The lowest BCUT2D eigenvalue weighted by Crippen LogP contribution is -2.56. The van der Waals surface area contributed by atoms with Crippen molar-refractivity contribution < 1.29 is 28.6 Å². The summed E-state index contributed by atoms with van der Waals surface area (Å²) in [4.78, 5) is 40.5. The fourth-order valence-corrected chi connectivity index (χ4v) is 5.53. The van der Waals surface area contributed by atoms with Crippen molar-refractivity contribution in [3.8, 4) is 0 Å². The lowest BCUT2D eigenvalue weighted by molar-refractivity contribution is -0.154. The Kier molecular flexibility index (Phi) is 11.1. The third kappa shape index (κ3) is 9.85. The number of nitrogens with zero attached hydrogens (tertiary/aromatic N) is 1. The fourth-order valence-electron chi connectivity index (χ4n) is 4.59. The highest BCUT2D eigenvalue weighted by Gasteiger charge is 2.35. The van der Waals surface area contributed by atoms with E-state index in [-0.39, 0.29) is 18.0 Å². The molecule has 1 aliphatic carbocycles. The van der Waals surface area contributed by atoms with E-state index in [0.717, 1.165) is 37.0 Å². The normalized spacial score (nSPS) is 20.5. The lowest BCUT2D eigenvalue weighted by Gasteiger charge is -2.37. The maximum absolute atomic E-state index is 13.5.